The second-order valence-corrected chi connectivity index (χ2v) is 10.6. The van der Waals surface area contributed by atoms with Crippen molar-refractivity contribution in [3.8, 4) is 5.75 Å². The van der Waals surface area contributed by atoms with Crippen molar-refractivity contribution in [2.75, 3.05) is 18.1 Å². The Labute approximate surface area is 223 Å². The van der Waals surface area contributed by atoms with Crippen LogP contribution in [-0.4, -0.2) is 72.1 Å². The lowest BCUT2D eigenvalue weighted by molar-refractivity contribution is -0.159. The van der Waals surface area contributed by atoms with Crippen LogP contribution in [0.2, 0.25) is 0 Å². The number of nitrogens with zero attached hydrogens (tertiary/aromatic N) is 5. The van der Waals surface area contributed by atoms with Gasteiger partial charge in [0.25, 0.3) is 8.18 Å². The van der Waals surface area contributed by atoms with E-state index in [1.165, 1.54) is 17.8 Å². The molecule has 2 aromatic heterocycles. The van der Waals surface area contributed by atoms with Gasteiger partial charge in [-0.15, -0.1) is 0 Å². The van der Waals surface area contributed by atoms with E-state index in [1.54, 1.807) is 44.2 Å². The van der Waals surface area contributed by atoms with Crippen LogP contribution < -0.4 is 16.3 Å². The van der Waals surface area contributed by atoms with Crippen LogP contribution in [0.5, 0.6) is 5.75 Å². The standard InChI is InChI=1S/C23H31FN7O7P/c1-12(2)36-20(33)13(3)31(38-14-8-6-5-7-9-14)39(34)35-10-15-17(32)23(4,24)21(37-15)30-11-27-16-18(25)28-22(26)29-19(16)30/h5-9,11-13,15,17,21,32,39H,10H2,1-4H3,(H4,25,26,28,29)/t13-,15?,17+,21+,23+/m0/s1. The van der Waals surface area contributed by atoms with Gasteiger partial charge in [-0.1, -0.05) is 23.0 Å². The first-order valence-corrected chi connectivity index (χ1v) is 13.3. The number of hydrogen-bond acceptors (Lipinski definition) is 12. The molecule has 14 nitrogen and oxygen atoms in total. The maximum atomic E-state index is 15.8. The average molecular weight is 568 g/mol. The van der Waals surface area contributed by atoms with E-state index in [2.05, 4.69) is 15.0 Å². The second kappa shape index (κ2) is 11.4. The summed E-state index contributed by atoms with van der Waals surface area (Å²) >= 11 is 0. The number of aromatic nitrogens is 4. The fourth-order valence-electron chi connectivity index (χ4n) is 3.99. The zero-order valence-corrected chi connectivity index (χ0v) is 22.7. The molecule has 0 saturated carbocycles. The minimum Gasteiger partial charge on any atom is -0.462 e. The van der Waals surface area contributed by atoms with Gasteiger partial charge in [0.2, 0.25) is 5.95 Å². The molecular weight excluding hydrogens is 536 g/mol. The summed E-state index contributed by atoms with van der Waals surface area (Å²) in [5.74, 6) is -0.547. The van der Waals surface area contributed by atoms with Crippen LogP contribution in [0.1, 0.15) is 33.9 Å². The van der Waals surface area contributed by atoms with Crippen molar-refractivity contribution in [2.24, 2.45) is 0 Å². The number of aliphatic hydroxyl groups is 1. The largest absolute Gasteiger partial charge is 0.462 e. The summed E-state index contributed by atoms with van der Waals surface area (Å²) < 4.78 is 46.8. The smallest absolute Gasteiger partial charge is 0.327 e. The number of alkyl halides is 1. The number of hydroxylamine groups is 1. The Morgan fingerprint density at radius 1 is 1.28 bits per heavy atom. The van der Waals surface area contributed by atoms with Gasteiger partial charge >= 0.3 is 5.97 Å². The minimum absolute atomic E-state index is 0.00235. The lowest BCUT2D eigenvalue weighted by Gasteiger charge is -2.27. The Balaban J connectivity index is 1.51. The van der Waals surface area contributed by atoms with Gasteiger partial charge in [0.05, 0.1) is 19.0 Å². The van der Waals surface area contributed by atoms with Crippen molar-refractivity contribution in [1.82, 2.24) is 24.4 Å². The molecule has 4 rings (SSSR count). The molecule has 3 heterocycles. The molecule has 16 heteroatoms. The Hall–Kier alpha value is -3.36. The fraction of sp³-hybridized carbons (Fsp3) is 0.478. The number of ether oxygens (including phenoxy) is 2. The van der Waals surface area contributed by atoms with Crippen LogP contribution in [0, 0.1) is 0 Å². The first-order valence-electron chi connectivity index (χ1n) is 12.1. The first-order chi connectivity index (χ1) is 18.4. The van der Waals surface area contributed by atoms with E-state index in [0.29, 0.717) is 5.75 Å². The molecule has 1 saturated heterocycles. The summed E-state index contributed by atoms with van der Waals surface area (Å²) in [7, 11) is -3.29. The number of imidazole rings is 1. The van der Waals surface area contributed by atoms with Crippen molar-refractivity contribution in [3.63, 3.8) is 0 Å². The normalized spacial score (nSPS) is 24.8. The molecule has 1 fully saturated rings. The molecule has 0 amide bonds. The number of esters is 1. The number of para-hydroxylation sites is 1. The highest BCUT2D eigenvalue weighted by atomic mass is 31.1. The second-order valence-electron chi connectivity index (χ2n) is 9.38. The molecule has 5 N–H and O–H groups in total. The van der Waals surface area contributed by atoms with Gasteiger partial charge in [0.1, 0.15) is 29.5 Å². The Bertz CT molecular complexity index is 1340. The highest BCUT2D eigenvalue weighted by Gasteiger charge is 2.55. The number of halogens is 1. The van der Waals surface area contributed by atoms with Crippen molar-refractivity contribution < 1.29 is 37.7 Å². The quantitative estimate of drug-likeness (QED) is 0.183. The van der Waals surface area contributed by atoms with E-state index in [1.807, 2.05) is 0 Å². The molecule has 0 radical (unpaired) electrons. The summed E-state index contributed by atoms with van der Waals surface area (Å²) in [5.41, 5.74) is 9.46. The predicted molar refractivity (Wildman–Crippen MR) is 138 cm³/mol. The molecule has 212 valence electrons. The Morgan fingerprint density at radius 3 is 2.64 bits per heavy atom. The van der Waals surface area contributed by atoms with E-state index in [4.69, 9.17) is 30.3 Å². The van der Waals surface area contributed by atoms with Crippen molar-refractivity contribution in [1.29, 1.82) is 0 Å². The SMILES string of the molecule is CC(C)OC(=O)[C@H](C)N(Oc1ccccc1)[PH](=O)OCC1O[C@@H](n2cnc3c(N)nc(N)nc32)[C@](C)(F)[C@@H]1O. The zero-order chi connectivity index (χ0) is 28.5. The summed E-state index contributed by atoms with van der Waals surface area (Å²) in [5, 5.41) is 10.7. The maximum Gasteiger partial charge on any atom is 0.327 e. The van der Waals surface area contributed by atoms with E-state index < -0.39 is 57.0 Å². The van der Waals surface area contributed by atoms with Crippen LogP contribution in [-0.2, 0) is 23.4 Å². The Morgan fingerprint density at radius 2 is 1.97 bits per heavy atom. The summed E-state index contributed by atoms with van der Waals surface area (Å²) in [4.78, 5) is 31.1. The summed E-state index contributed by atoms with van der Waals surface area (Å²) in [6.07, 6.45) is -3.53. The molecule has 3 aromatic rings. The number of anilines is 2. The van der Waals surface area contributed by atoms with E-state index in [9.17, 15) is 14.5 Å². The predicted octanol–water partition coefficient (Wildman–Crippen LogP) is 2.02. The van der Waals surface area contributed by atoms with Gasteiger partial charge in [0.15, 0.2) is 23.4 Å². The third-order valence-electron chi connectivity index (χ3n) is 5.98. The maximum absolute atomic E-state index is 15.8. The number of rotatable bonds is 10. The number of nitrogens with two attached hydrogens (primary N) is 2. The van der Waals surface area contributed by atoms with E-state index in [0.717, 1.165) is 11.8 Å². The summed E-state index contributed by atoms with van der Waals surface area (Å²) in [6, 6.07) is 7.22. The van der Waals surface area contributed by atoms with E-state index in [-0.39, 0.29) is 22.9 Å². The number of hydrogen-bond donors (Lipinski definition) is 3. The molecule has 0 spiro atoms. The van der Waals surface area contributed by atoms with Gasteiger partial charge in [-0.25, -0.2) is 9.37 Å². The number of fused-ring (bicyclic) bond motifs is 1. The molecule has 0 bridgehead atoms. The molecule has 1 aliphatic rings. The highest BCUT2D eigenvalue weighted by molar-refractivity contribution is 7.36. The zero-order valence-electron chi connectivity index (χ0n) is 21.7. The molecule has 2 unspecified atom stereocenters. The molecular formula is C23H31FN7O7P. The van der Waals surface area contributed by atoms with Gasteiger partial charge < -0.3 is 35.4 Å². The van der Waals surface area contributed by atoms with Crippen molar-refractivity contribution in [2.45, 2.75) is 63.9 Å². The monoisotopic (exact) mass is 567 g/mol. The molecule has 39 heavy (non-hydrogen) atoms. The van der Waals surface area contributed by atoms with Crippen LogP contribution in [0.4, 0.5) is 16.2 Å². The first kappa shape index (κ1) is 28.6. The third kappa shape index (κ3) is 5.97. The molecule has 0 aliphatic carbocycles. The summed E-state index contributed by atoms with van der Waals surface area (Å²) in [6.45, 7) is 5.43. The van der Waals surface area contributed by atoms with Crippen LogP contribution in [0.15, 0.2) is 36.7 Å². The van der Waals surface area contributed by atoms with Crippen molar-refractivity contribution >= 4 is 37.1 Å². The van der Waals surface area contributed by atoms with Gasteiger partial charge in [-0.05, 0) is 39.8 Å². The number of nitrogen functional groups attached to an aromatic ring is 2. The molecule has 1 aromatic carbocycles. The topological polar surface area (TPSA) is 190 Å². The highest BCUT2D eigenvalue weighted by Crippen LogP contribution is 2.44. The lowest BCUT2D eigenvalue weighted by atomic mass is 9.98. The number of carbonyl (C=O) groups is 1. The van der Waals surface area contributed by atoms with Gasteiger partial charge in [0, 0.05) is 0 Å². The molecule has 6 atom stereocenters. The van der Waals surface area contributed by atoms with Crippen molar-refractivity contribution in [3.05, 3.63) is 36.7 Å². The number of carbonyl (C=O) groups excluding carboxylic acids is 1. The number of aliphatic hydroxyl groups excluding tert-OH is 1. The van der Waals surface area contributed by atoms with Gasteiger partial charge in [-0.2, -0.15) is 9.97 Å². The third-order valence-corrected chi connectivity index (χ3v) is 7.23. The van der Waals surface area contributed by atoms with Crippen LogP contribution in [0.3, 0.4) is 0 Å². The Kier molecular flexibility index (Phi) is 8.37. The van der Waals surface area contributed by atoms with E-state index >= 15 is 4.39 Å². The van der Waals surface area contributed by atoms with Crippen LogP contribution in [0.25, 0.3) is 11.2 Å². The molecule has 1 aliphatic heterocycles. The fourth-order valence-corrected chi connectivity index (χ4v) is 5.03. The van der Waals surface area contributed by atoms with Gasteiger partial charge in [-0.3, -0.25) is 13.9 Å². The number of benzene rings is 1. The van der Waals surface area contributed by atoms with Crippen LogP contribution >= 0.6 is 8.18 Å². The average Bonchev–Trinajstić information content (AvgIpc) is 3.39. The lowest BCUT2D eigenvalue weighted by Crippen LogP contribution is -2.41. The minimum atomic E-state index is -3.29.